The SMILES string of the molecule is O=S(=O)(O)c1c(S(=O)(=O)O)c2ccc3ccc(S(=O)(=O)O)c4ccc(c1S(=O)(=O)O)c2c34. The normalized spacial score (nSPS) is 14.0. The average molecular weight is 523 g/mol. The molecule has 0 aliphatic carbocycles. The predicted molar refractivity (Wildman–Crippen MR) is 109 cm³/mol. The van der Waals surface area contributed by atoms with Crippen LogP contribution in [0.15, 0.2) is 56.0 Å². The molecular weight excluding hydrogens is 512 g/mol. The molecule has 0 heterocycles. The van der Waals surface area contributed by atoms with Crippen LogP contribution in [0.2, 0.25) is 0 Å². The Morgan fingerprint density at radius 1 is 0.438 bits per heavy atom. The Balaban J connectivity index is 2.55. The summed E-state index contributed by atoms with van der Waals surface area (Å²) >= 11 is 0. The predicted octanol–water partition coefficient (Wildman–Crippen LogP) is 1.57. The third-order valence-corrected chi connectivity index (χ3v) is 8.80. The Bertz CT molecular complexity index is 1850. The van der Waals surface area contributed by atoms with E-state index in [2.05, 4.69) is 0 Å². The maximum absolute atomic E-state index is 12.1. The van der Waals surface area contributed by atoms with Crippen molar-refractivity contribution in [2.75, 3.05) is 0 Å². The second kappa shape index (κ2) is 6.55. The number of hydrogen-bond donors (Lipinski definition) is 4. The molecule has 4 aromatic rings. The minimum atomic E-state index is -5.67. The molecule has 0 bridgehead atoms. The molecule has 0 atom stereocenters. The molecule has 0 amide bonds. The van der Waals surface area contributed by atoms with E-state index in [1.54, 1.807) is 0 Å². The van der Waals surface area contributed by atoms with Gasteiger partial charge in [-0.3, -0.25) is 18.2 Å². The van der Waals surface area contributed by atoms with Crippen molar-refractivity contribution in [3.63, 3.8) is 0 Å². The second-order valence-corrected chi connectivity index (χ2v) is 12.2. The van der Waals surface area contributed by atoms with E-state index in [9.17, 15) is 51.9 Å². The summed E-state index contributed by atoms with van der Waals surface area (Å²) in [6.07, 6.45) is 0. The molecule has 0 unspecified atom stereocenters. The zero-order chi connectivity index (χ0) is 24.0. The van der Waals surface area contributed by atoms with E-state index >= 15 is 0 Å². The van der Waals surface area contributed by atoms with Crippen molar-refractivity contribution < 1.29 is 51.9 Å². The van der Waals surface area contributed by atoms with Gasteiger partial charge in [0.1, 0.15) is 19.6 Å². The van der Waals surface area contributed by atoms with Gasteiger partial charge in [-0.05, 0) is 16.8 Å². The van der Waals surface area contributed by atoms with Crippen molar-refractivity contribution in [1.82, 2.24) is 0 Å². The van der Waals surface area contributed by atoms with Crippen molar-refractivity contribution >= 4 is 72.8 Å². The molecule has 170 valence electrons. The van der Waals surface area contributed by atoms with Gasteiger partial charge in [-0.25, -0.2) is 0 Å². The van der Waals surface area contributed by atoms with Crippen molar-refractivity contribution in [2.45, 2.75) is 19.6 Å². The van der Waals surface area contributed by atoms with Crippen LogP contribution in [0, 0.1) is 0 Å². The van der Waals surface area contributed by atoms with Gasteiger partial charge in [0.15, 0.2) is 0 Å². The van der Waals surface area contributed by atoms with Crippen molar-refractivity contribution in [2.24, 2.45) is 0 Å². The first kappa shape index (κ1) is 22.7. The number of benzene rings is 4. The minimum absolute atomic E-state index is 0.119. The summed E-state index contributed by atoms with van der Waals surface area (Å²) in [4.78, 5) is -5.47. The molecule has 4 aromatic carbocycles. The fourth-order valence-corrected chi connectivity index (χ4v) is 8.09. The Labute approximate surface area is 180 Å². The summed E-state index contributed by atoms with van der Waals surface area (Å²) in [5.41, 5.74) is 0. The summed E-state index contributed by atoms with van der Waals surface area (Å²) in [5.74, 6) is 0. The van der Waals surface area contributed by atoms with Crippen LogP contribution in [0.1, 0.15) is 0 Å². The molecule has 16 heteroatoms. The summed E-state index contributed by atoms with van der Waals surface area (Å²) in [7, 11) is -21.6. The molecule has 0 saturated heterocycles. The summed E-state index contributed by atoms with van der Waals surface area (Å²) in [6.45, 7) is 0. The molecule has 0 aliphatic rings. The minimum Gasteiger partial charge on any atom is -0.282 e. The standard InChI is InChI=1S/C16H10O12S4/c17-29(18,19)11-6-2-7-1-3-9-13-10(5-4-8(11)12(7)13)15(31(23,24)25)16(32(26,27)28)14(9)30(20,21)22/h1-6H,(H,17,18,19)(H,20,21,22)(H,23,24,25)(H,26,27,28). The Hall–Kier alpha value is -2.44. The first-order valence-electron chi connectivity index (χ1n) is 8.11. The highest BCUT2D eigenvalue weighted by Gasteiger charge is 2.37. The quantitative estimate of drug-likeness (QED) is 0.222. The van der Waals surface area contributed by atoms with Crippen LogP contribution in [0.3, 0.4) is 0 Å². The van der Waals surface area contributed by atoms with E-state index < -0.39 is 70.8 Å². The summed E-state index contributed by atoms with van der Waals surface area (Å²) in [6, 6.07) is 6.33. The fraction of sp³-hybridized carbons (Fsp3) is 0. The third kappa shape index (κ3) is 3.32. The van der Waals surface area contributed by atoms with Gasteiger partial charge in [0, 0.05) is 21.5 Å². The Morgan fingerprint density at radius 2 is 0.844 bits per heavy atom. The maximum Gasteiger partial charge on any atom is 0.297 e. The zero-order valence-electron chi connectivity index (χ0n) is 15.2. The van der Waals surface area contributed by atoms with Gasteiger partial charge < -0.3 is 0 Å². The third-order valence-electron chi connectivity index (χ3n) is 4.83. The number of hydrogen-bond acceptors (Lipinski definition) is 8. The second-order valence-electron chi connectivity index (χ2n) is 6.70. The summed E-state index contributed by atoms with van der Waals surface area (Å²) in [5, 5.41) is -1.64. The van der Waals surface area contributed by atoms with Gasteiger partial charge in [0.25, 0.3) is 40.5 Å². The molecule has 0 aliphatic heterocycles. The van der Waals surface area contributed by atoms with E-state index in [0.717, 1.165) is 24.3 Å². The highest BCUT2D eigenvalue weighted by atomic mass is 32.2. The molecule has 0 aromatic heterocycles. The fourth-order valence-electron chi connectivity index (χ4n) is 3.82. The van der Waals surface area contributed by atoms with Crippen LogP contribution >= 0.6 is 0 Å². The molecule has 12 nitrogen and oxygen atoms in total. The molecule has 0 saturated carbocycles. The monoisotopic (exact) mass is 522 g/mol. The van der Waals surface area contributed by atoms with Crippen LogP contribution in [-0.2, 0) is 40.5 Å². The highest BCUT2D eigenvalue weighted by Crippen LogP contribution is 2.45. The maximum atomic E-state index is 12.1. The zero-order valence-corrected chi connectivity index (χ0v) is 18.4. The van der Waals surface area contributed by atoms with Crippen molar-refractivity contribution in [3.05, 3.63) is 36.4 Å². The molecule has 4 N–H and O–H groups in total. The topological polar surface area (TPSA) is 217 Å². The molecule has 0 radical (unpaired) electrons. The van der Waals surface area contributed by atoms with E-state index in [-0.39, 0.29) is 21.5 Å². The average Bonchev–Trinajstić information content (AvgIpc) is 2.61. The van der Waals surface area contributed by atoms with Crippen molar-refractivity contribution in [1.29, 1.82) is 0 Å². The van der Waals surface area contributed by atoms with Gasteiger partial charge in [-0.1, -0.05) is 30.3 Å². The van der Waals surface area contributed by atoms with Gasteiger partial charge >= 0.3 is 0 Å². The van der Waals surface area contributed by atoms with E-state index in [1.165, 1.54) is 12.1 Å². The lowest BCUT2D eigenvalue weighted by molar-refractivity contribution is 0.458. The first-order valence-corrected chi connectivity index (χ1v) is 13.9. The van der Waals surface area contributed by atoms with Gasteiger partial charge in [0.05, 0.1) is 0 Å². The van der Waals surface area contributed by atoms with E-state index in [4.69, 9.17) is 0 Å². The van der Waals surface area contributed by atoms with Crippen LogP contribution in [0.4, 0.5) is 0 Å². The molecular formula is C16H10O12S4. The lowest BCUT2D eigenvalue weighted by Gasteiger charge is -2.19. The van der Waals surface area contributed by atoms with Crippen LogP contribution in [0.25, 0.3) is 32.3 Å². The molecule has 0 spiro atoms. The lowest BCUT2D eigenvalue weighted by atomic mass is 9.94. The van der Waals surface area contributed by atoms with Crippen LogP contribution in [-0.4, -0.2) is 51.9 Å². The van der Waals surface area contributed by atoms with Crippen LogP contribution < -0.4 is 0 Å². The van der Waals surface area contributed by atoms with Gasteiger partial charge in [-0.15, -0.1) is 0 Å². The van der Waals surface area contributed by atoms with Crippen LogP contribution in [0.5, 0.6) is 0 Å². The lowest BCUT2D eigenvalue weighted by Crippen LogP contribution is -2.16. The van der Waals surface area contributed by atoms with E-state index in [0.29, 0.717) is 0 Å². The molecule has 32 heavy (non-hydrogen) atoms. The smallest absolute Gasteiger partial charge is 0.282 e. The summed E-state index contributed by atoms with van der Waals surface area (Å²) < 4.78 is 135. The van der Waals surface area contributed by atoms with Crippen molar-refractivity contribution in [3.8, 4) is 0 Å². The number of rotatable bonds is 4. The Morgan fingerprint density at radius 3 is 1.28 bits per heavy atom. The van der Waals surface area contributed by atoms with E-state index in [1.807, 2.05) is 0 Å². The molecule has 4 rings (SSSR count). The van der Waals surface area contributed by atoms with Gasteiger partial charge in [0.2, 0.25) is 0 Å². The largest absolute Gasteiger partial charge is 0.297 e. The molecule has 0 fully saturated rings. The van der Waals surface area contributed by atoms with Gasteiger partial charge in [-0.2, -0.15) is 33.7 Å². The Kier molecular flexibility index (Phi) is 4.65. The highest BCUT2D eigenvalue weighted by molar-refractivity contribution is 7.91. The first-order chi connectivity index (χ1) is 14.4.